The molecular formula is C9H18N2O3S. The van der Waals surface area contributed by atoms with Crippen LogP contribution in [0.25, 0.3) is 0 Å². The Kier molecular flexibility index (Phi) is 4.10. The van der Waals surface area contributed by atoms with Gasteiger partial charge in [0.15, 0.2) is 0 Å². The summed E-state index contributed by atoms with van der Waals surface area (Å²) in [4.78, 5) is 11.5. The zero-order valence-electron chi connectivity index (χ0n) is 9.19. The van der Waals surface area contributed by atoms with Crippen LogP contribution < -0.4 is 5.32 Å². The van der Waals surface area contributed by atoms with Crippen LogP contribution in [0.4, 0.5) is 0 Å². The molecule has 0 radical (unpaired) electrons. The number of hydrogen-bond acceptors (Lipinski definition) is 3. The van der Waals surface area contributed by atoms with E-state index in [2.05, 4.69) is 5.32 Å². The standard InChI is InChI=1S/C9H18N2O3S/c1-3-7-15(13,14)11-6-5-10-9(12)8(11)4-2/h8H,3-7H2,1-2H3,(H,10,12). The second kappa shape index (κ2) is 4.94. The molecular weight excluding hydrogens is 216 g/mol. The summed E-state index contributed by atoms with van der Waals surface area (Å²) in [7, 11) is -3.26. The predicted molar refractivity (Wildman–Crippen MR) is 57.9 cm³/mol. The van der Waals surface area contributed by atoms with Crippen LogP contribution in [0.5, 0.6) is 0 Å². The van der Waals surface area contributed by atoms with Crippen LogP contribution in [-0.2, 0) is 14.8 Å². The number of carbonyl (C=O) groups excluding carboxylic acids is 1. The molecule has 88 valence electrons. The monoisotopic (exact) mass is 234 g/mol. The van der Waals surface area contributed by atoms with E-state index in [1.54, 1.807) is 0 Å². The highest BCUT2D eigenvalue weighted by molar-refractivity contribution is 7.89. The quantitative estimate of drug-likeness (QED) is 0.741. The summed E-state index contributed by atoms with van der Waals surface area (Å²) in [5.74, 6) is -0.0556. The van der Waals surface area contributed by atoms with Crippen LogP contribution in [0.15, 0.2) is 0 Å². The van der Waals surface area contributed by atoms with Crippen LogP contribution in [0.3, 0.4) is 0 Å². The lowest BCUT2D eigenvalue weighted by molar-refractivity contribution is -0.126. The summed E-state index contributed by atoms with van der Waals surface area (Å²) in [5.41, 5.74) is 0. The fourth-order valence-corrected chi connectivity index (χ4v) is 3.54. The molecule has 1 unspecified atom stereocenters. The average Bonchev–Trinajstić information content (AvgIpc) is 2.17. The van der Waals surface area contributed by atoms with Gasteiger partial charge in [-0.15, -0.1) is 0 Å². The molecule has 0 saturated carbocycles. The van der Waals surface area contributed by atoms with Gasteiger partial charge >= 0.3 is 0 Å². The topological polar surface area (TPSA) is 66.5 Å². The van der Waals surface area contributed by atoms with Crippen molar-refractivity contribution in [1.29, 1.82) is 0 Å². The van der Waals surface area contributed by atoms with E-state index in [0.717, 1.165) is 0 Å². The lowest BCUT2D eigenvalue weighted by Gasteiger charge is -2.33. The molecule has 0 aliphatic carbocycles. The van der Waals surface area contributed by atoms with Gasteiger partial charge < -0.3 is 5.32 Å². The summed E-state index contributed by atoms with van der Waals surface area (Å²) < 4.78 is 25.0. The molecule has 0 spiro atoms. The molecule has 0 aromatic rings. The summed E-state index contributed by atoms with van der Waals surface area (Å²) in [6, 6.07) is -0.518. The van der Waals surface area contributed by atoms with E-state index >= 15 is 0 Å². The second-order valence-electron chi connectivity index (χ2n) is 3.64. The Morgan fingerprint density at radius 3 is 2.67 bits per heavy atom. The van der Waals surface area contributed by atoms with Crippen molar-refractivity contribution in [2.45, 2.75) is 32.7 Å². The van der Waals surface area contributed by atoms with E-state index in [4.69, 9.17) is 0 Å². The van der Waals surface area contributed by atoms with Crippen molar-refractivity contribution in [3.05, 3.63) is 0 Å². The minimum absolute atomic E-state index is 0.122. The SMILES string of the molecule is CCCS(=O)(=O)N1CCNC(=O)C1CC. The van der Waals surface area contributed by atoms with Crippen molar-refractivity contribution < 1.29 is 13.2 Å². The van der Waals surface area contributed by atoms with Crippen molar-refractivity contribution in [1.82, 2.24) is 9.62 Å². The molecule has 15 heavy (non-hydrogen) atoms. The van der Waals surface area contributed by atoms with Gasteiger partial charge in [-0.3, -0.25) is 4.79 Å². The Bertz CT molecular complexity index is 326. The number of rotatable bonds is 4. The predicted octanol–water partition coefficient (Wildman–Crippen LogP) is -0.0634. The molecule has 5 nitrogen and oxygen atoms in total. The first-order valence-electron chi connectivity index (χ1n) is 5.30. The number of sulfonamides is 1. The number of hydrogen-bond donors (Lipinski definition) is 1. The maximum absolute atomic E-state index is 11.8. The lowest BCUT2D eigenvalue weighted by Crippen LogP contribution is -2.57. The number of carbonyl (C=O) groups is 1. The van der Waals surface area contributed by atoms with E-state index < -0.39 is 16.1 Å². The Morgan fingerprint density at radius 2 is 2.13 bits per heavy atom. The third kappa shape index (κ3) is 2.69. The highest BCUT2D eigenvalue weighted by atomic mass is 32.2. The van der Waals surface area contributed by atoms with Gasteiger partial charge in [0, 0.05) is 13.1 Å². The van der Waals surface area contributed by atoms with Gasteiger partial charge in [0.2, 0.25) is 15.9 Å². The minimum Gasteiger partial charge on any atom is -0.353 e. The van der Waals surface area contributed by atoms with E-state index in [0.29, 0.717) is 25.9 Å². The molecule has 6 heteroatoms. The van der Waals surface area contributed by atoms with Crippen molar-refractivity contribution in [2.24, 2.45) is 0 Å². The lowest BCUT2D eigenvalue weighted by atomic mass is 10.2. The van der Waals surface area contributed by atoms with Gasteiger partial charge in [-0.05, 0) is 12.8 Å². The number of amides is 1. The van der Waals surface area contributed by atoms with E-state index in [9.17, 15) is 13.2 Å². The van der Waals surface area contributed by atoms with Crippen LogP contribution in [0.1, 0.15) is 26.7 Å². The van der Waals surface area contributed by atoms with Gasteiger partial charge in [0.25, 0.3) is 0 Å². The van der Waals surface area contributed by atoms with Crippen molar-refractivity contribution in [2.75, 3.05) is 18.8 Å². The molecule has 1 saturated heterocycles. The van der Waals surface area contributed by atoms with Gasteiger partial charge in [0.1, 0.15) is 6.04 Å². The van der Waals surface area contributed by atoms with E-state index in [-0.39, 0.29) is 11.7 Å². The first kappa shape index (κ1) is 12.4. The van der Waals surface area contributed by atoms with Gasteiger partial charge in [-0.1, -0.05) is 13.8 Å². The molecule has 0 bridgehead atoms. The molecule has 1 heterocycles. The number of nitrogens with one attached hydrogen (secondary N) is 1. The second-order valence-corrected chi connectivity index (χ2v) is 5.68. The fraction of sp³-hybridized carbons (Fsp3) is 0.889. The van der Waals surface area contributed by atoms with Crippen molar-refractivity contribution in [3.63, 3.8) is 0 Å². The first-order valence-corrected chi connectivity index (χ1v) is 6.91. The maximum atomic E-state index is 11.8. The van der Waals surface area contributed by atoms with Crippen molar-refractivity contribution >= 4 is 15.9 Å². The van der Waals surface area contributed by atoms with E-state index in [1.807, 2.05) is 13.8 Å². The fourth-order valence-electron chi connectivity index (χ4n) is 1.79. The molecule has 1 N–H and O–H groups in total. The maximum Gasteiger partial charge on any atom is 0.238 e. The highest BCUT2D eigenvalue weighted by Gasteiger charge is 2.35. The largest absolute Gasteiger partial charge is 0.353 e. The normalized spacial score (nSPS) is 23.9. The Balaban J connectivity index is 2.87. The van der Waals surface area contributed by atoms with Crippen LogP contribution in [-0.4, -0.2) is 43.5 Å². The third-order valence-electron chi connectivity index (χ3n) is 2.49. The van der Waals surface area contributed by atoms with Gasteiger partial charge in [-0.2, -0.15) is 4.31 Å². The molecule has 1 aliphatic rings. The summed E-state index contributed by atoms with van der Waals surface area (Å²) in [6.45, 7) is 4.46. The zero-order valence-corrected chi connectivity index (χ0v) is 10.0. The number of piperazine rings is 1. The molecule has 0 aromatic heterocycles. The molecule has 1 aliphatic heterocycles. The van der Waals surface area contributed by atoms with Crippen LogP contribution in [0, 0.1) is 0 Å². The molecule has 1 atom stereocenters. The van der Waals surface area contributed by atoms with Crippen LogP contribution in [0.2, 0.25) is 0 Å². The van der Waals surface area contributed by atoms with Gasteiger partial charge in [0.05, 0.1) is 5.75 Å². The number of nitrogens with zero attached hydrogens (tertiary/aromatic N) is 1. The minimum atomic E-state index is -3.26. The molecule has 1 fully saturated rings. The Labute approximate surface area is 90.9 Å². The van der Waals surface area contributed by atoms with Gasteiger partial charge in [-0.25, -0.2) is 8.42 Å². The summed E-state index contributed by atoms with van der Waals surface area (Å²) in [5, 5.41) is 2.68. The molecule has 1 rings (SSSR count). The Morgan fingerprint density at radius 1 is 1.47 bits per heavy atom. The van der Waals surface area contributed by atoms with Crippen molar-refractivity contribution in [3.8, 4) is 0 Å². The Hall–Kier alpha value is -0.620. The molecule has 1 amide bonds. The zero-order chi connectivity index (χ0) is 11.5. The van der Waals surface area contributed by atoms with Crippen LogP contribution >= 0.6 is 0 Å². The highest BCUT2D eigenvalue weighted by Crippen LogP contribution is 2.14. The third-order valence-corrected chi connectivity index (χ3v) is 4.56. The summed E-state index contributed by atoms with van der Waals surface area (Å²) >= 11 is 0. The first-order chi connectivity index (χ1) is 7.03. The average molecular weight is 234 g/mol. The molecule has 0 aromatic carbocycles. The van der Waals surface area contributed by atoms with E-state index in [1.165, 1.54) is 4.31 Å². The summed E-state index contributed by atoms with van der Waals surface area (Å²) in [6.07, 6.45) is 1.10. The smallest absolute Gasteiger partial charge is 0.238 e.